The van der Waals surface area contributed by atoms with Crippen LogP contribution in [0.25, 0.3) is 0 Å². The Labute approximate surface area is 90.1 Å². The lowest BCUT2D eigenvalue weighted by atomic mass is 9.99. The smallest absolute Gasteiger partial charge is 0.257 e. The Hall–Kier alpha value is -1.25. The number of carbonyl (C=O) groups is 1. The Bertz CT molecular complexity index is 352. The largest absolute Gasteiger partial charge is 0.472 e. The quantitative estimate of drug-likeness (QED) is 0.763. The first-order valence-corrected chi connectivity index (χ1v) is 5.34. The molecule has 1 aliphatic carbocycles. The monoisotopic (exact) mass is 207 g/mol. The van der Waals surface area contributed by atoms with Gasteiger partial charge in [-0.05, 0) is 31.2 Å². The lowest BCUT2D eigenvalue weighted by molar-refractivity contribution is 0.0684. The highest BCUT2D eigenvalue weighted by atomic mass is 16.3. The summed E-state index contributed by atoms with van der Waals surface area (Å²) < 4.78 is 4.92. The second-order valence-electron chi connectivity index (χ2n) is 4.76. The number of hydrogen-bond acceptors (Lipinski definition) is 2. The predicted molar refractivity (Wildman–Crippen MR) is 57.6 cm³/mol. The van der Waals surface area contributed by atoms with Crippen LogP contribution in [0.2, 0.25) is 0 Å². The van der Waals surface area contributed by atoms with Crippen LogP contribution in [0.5, 0.6) is 0 Å². The molecule has 0 aliphatic heterocycles. The first kappa shape index (κ1) is 10.3. The van der Waals surface area contributed by atoms with E-state index in [1.807, 2.05) is 11.9 Å². The topological polar surface area (TPSA) is 33.5 Å². The number of amides is 1. The van der Waals surface area contributed by atoms with E-state index in [0.717, 1.165) is 0 Å². The molecule has 82 valence electrons. The van der Waals surface area contributed by atoms with Crippen molar-refractivity contribution in [3.05, 3.63) is 24.2 Å². The summed E-state index contributed by atoms with van der Waals surface area (Å²) in [5.74, 6) is 0.0457. The van der Waals surface area contributed by atoms with Gasteiger partial charge in [0.15, 0.2) is 0 Å². The van der Waals surface area contributed by atoms with Crippen LogP contribution in [-0.2, 0) is 0 Å². The fourth-order valence-electron chi connectivity index (χ4n) is 1.85. The van der Waals surface area contributed by atoms with Crippen LogP contribution >= 0.6 is 0 Å². The zero-order valence-electron chi connectivity index (χ0n) is 9.49. The molecule has 0 bridgehead atoms. The molecule has 1 unspecified atom stereocenters. The summed E-state index contributed by atoms with van der Waals surface area (Å²) in [6.45, 7) is 4.35. The van der Waals surface area contributed by atoms with Crippen LogP contribution in [0, 0.1) is 5.41 Å². The summed E-state index contributed by atoms with van der Waals surface area (Å²) in [6.07, 6.45) is 5.47. The van der Waals surface area contributed by atoms with Crippen LogP contribution in [-0.4, -0.2) is 23.9 Å². The minimum Gasteiger partial charge on any atom is -0.472 e. The van der Waals surface area contributed by atoms with E-state index in [4.69, 9.17) is 4.42 Å². The number of carbonyl (C=O) groups excluding carboxylic acids is 1. The molecule has 3 nitrogen and oxygen atoms in total. The Morgan fingerprint density at radius 1 is 1.60 bits per heavy atom. The Morgan fingerprint density at radius 3 is 2.73 bits per heavy atom. The van der Waals surface area contributed by atoms with Gasteiger partial charge < -0.3 is 9.32 Å². The third kappa shape index (κ3) is 1.78. The van der Waals surface area contributed by atoms with Crippen molar-refractivity contribution in [2.24, 2.45) is 5.41 Å². The molecule has 1 fully saturated rings. The van der Waals surface area contributed by atoms with Crippen molar-refractivity contribution in [1.82, 2.24) is 4.90 Å². The highest BCUT2D eigenvalue weighted by Gasteiger charge is 2.45. The molecule has 1 amide bonds. The maximum atomic E-state index is 12.0. The van der Waals surface area contributed by atoms with Crippen LogP contribution in [0.4, 0.5) is 0 Å². The molecule has 1 aliphatic rings. The lowest BCUT2D eigenvalue weighted by Gasteiger charge is -2.29. The molecule has 3 heteroatoms. The Balaban J connectivity index is 2.08. The molecule has 1 aromatic rings. The third-order valence-electron chi connectivity index (χ3n) is 3.72. The summed E-state index contributed by atoms with van der Waals surface area (Å²) in [5.41, 5.74) is 0.960. The average Bonchev–Trinajstić information content (AvgIpc) is 2.80. The molecule has 2 rings (SSSR count). The van der Waals surface area contributed by atoms with Gasteiger partial charge in [-0.2, -0.15) is 0 Å². The van der Waals surface area contributed by atoms with Crippen LogP contribution in [0.3, 0.4) is 0 Å². The van der Waals surface area contributed by atoms with Crippen LogP contribution < -0.4 is 0 Å². The number of nitrogens with zero attached hydrogens (tertiary/aromatic N) is 1. The van der Waals surface area contributed by atoms with E-state index in [1.54, 1.807) is 6.07 Å². The predicted octanol–water partition coefficient (Wildman–Crippen LogP) is 2.54. The van der Waals surface area contributed by atoms with E-state index in [2.05, 4.69) is 13.8 Å². The van der Waals surface area contributed by atoms with E-state index in [0.29, 0.717) is 17.0 Å². The Morgan fingerprint density at radius 2 is 2.27 bits per heavy atom. The molecule has 1 saturated carbocycles. The lowest BCUT2D eigenvalue weighted by Crippen LogP contribution is -2.39. The van der Waals surface area contributed by atoms with Gasteiger partial charge in [0, 0.05) is 13.1 Å². The van der Waals surface area contributed by atoms with Gasteiger partial charge in [0.1, 0.15) is 6.26 Å². The summed E-state index contributed by atoms with van der Waals surface area (Å²) in [4.78, 5) is 13.8. The van der Waals surface area contributed by atoms with Gasteiger partial charge in [-0.1, -0.05) is 6.92 Å². The molecule has 0 radical (unpaired) electrons. The van der Waals surface area contributed by atoms with Crippen LogP contribution in [0.1, 0.15) is 37.0 Å². The normalized spacial score (nSPS) is 19.7. The van der Waals surface area contributed by atoms with Gasteiger partial charge in [-0.15, -0.1) is 0 Å². The molecule has 0 N–H and O–H groups in total. The zero-order chi connectivity index (χ0) is 11.1. The first-order valence-electron chi connectivity index (χ1n) is 5.34. The summed E-state index contributed by atoms with van der Waals surface area (Å²) in [5, 5.41) is 0. The molecular formula is C12H17NO2. The van der Waals surface area contributed by atoms with E-state index < -0.39 is 0 Å². The second kappa shape index (κ2) is 3.40. The zero-order valence-corrected chi connectivity index (χ0v) is 9.49. The minimum absolute atomic E-state index is 0.0457. The number of rotatable bonds is 3. The van der Waals surface area contributed by atoms with Crippen molar-refractivity contribution in [2.75, 3.05) is 7.05 Å². The van der Waals surface area contributed by atoms with Gasteiger partial charge in [0.25, 0.3) is 5.91 Å². The highest BCUT2D eigenvalue weighted by molar-refractivity contribution is 5.93. The van der Waals surface area contributed by atoms with Crippen molar-refractivity contribution in [1.29, 1.82) is 0 Å². The van der Waals surface area contributed by atoms with E-state index in [1.165, 1.54) is 25.4 Å². The first-order chi connectivity index (χ1) is 7.04. The molecule has 0 spiro atoms. The molecule has 0 saturated heterocycles. The maximum Gasteiger partial charge on any atom is 0.257 e. The summed E-state index contributed by atoms with van der Waals surface area (Å²) >= 11 is 0. The molecule has 0 aromatic carbocycles. The van der Waals surface area contributed by atoms with Gasteiger partial charge in [0.2, 0.25) is 0 Å². The average molecular weight is 207 g/mol. The number of furan rings is 1. The van der Waals surface area contributed by atoms with Gasteiger partial charge in [0.05, 0.1) is 11.8 Å². The second-order valence-corrected chi connectivity index (χ2v) is 4.76. The SMILES string of the molecule is CC(N(C)C(=O)c1ccoc1)C1(C)CC1. The highest BCUT2D eigenvalue weighted by Crippen LogP contribution is 2.49. The van der Waals surface area contributed by atoms with Crippen LogP contribution in [0.15, 0.2) is 23.0 Å². The fraction of sp³-hybridized carbons (Fsp3) is 0.583. The van der Waals surface area contributed by atoms with E-state index >= 15 is 0 Å². The van der Waals surface area contributed by atoms with Crippen molar-refractivity contribution in [3.63, 3.8) is 0 Å². The maximum absolute atomic E-state index is 12.0. The Kier molecular flexibility index (Phi) is 2.33. The van der Waals surface area contributed by atoms with Gasteiger partial charge >= 0.3 is 0 Å². The van der Waals surface area contributed by atoms with Crippen molar-refractivity contribution < 1.29 is 9.21 Å². The van der Waals surface area contributed by atoms with Gasteiger partial charge in [-0.3, -0.25) is 4.79 Å². The summed E-state index contributed by atoms with van der Waals surface area (Å²) in [6, 6.07) is 2.00. The number of hydrogen-bond donors (Lipinski definition) is 0. The van der Waals surface area contributed by atoms with Gasteiger partial charge in [-0.25, -0.2) is 0 Å². The molecule has 1 heterocycles. The molecule has 1 aromatic heterocycles. The summed E-state index contributed by atoms with van der Waals surface area (Å²) in [7, 11) is 1.86. The molecule has 15 heavy (non-hydrogen) atoms. The van der Waals surface area contributed by atoms with E-state index in [9.17, 15) is 4.79 Å². The molecular weight excluding hydrogens is 190 g/mol. The standard InChI is InChI=1S/C12H17NO2/c1-9(12(2)5-6-12)13(3)11(14)10-4-7-15-8-10/h4,7-9H,5-6H2,1-3H3. The fourth-order valence-corrected chi connectivity index (χ4v) is 1.85. The third-order valence-corrected chi connectivity index (χ3v) is 3.72. The van der Waals surface area contributed by atoms with Crippen molar-refractivity contribution in [3.8, 4) is 0 Å². The minimum atomic E-state index is 0.0457. The molecule has 1 atom stereocenters. The van der Waals surface area contributed by atoms with Crippen molar-refractivity contribution >= 4 is 5.91 Å². The van der Waals surface area contributed by atoms with Crippen molar-refractivity contribution in [2.45, 2.75) is 32.7 Å². The van der Waals surface area contributed by atoms with E-state index in [-0.39, 0.29) is 5.91 Å².